The Labute approximate surface area is 119 Å². The highest BCUT2D eigenvalue weighted by molar-refractivity contribution is 5.74. The fourth-order valence-electron chi connectivity index (χ4n) is 3.10. The molecule has 1 aliphatic heterocycles. The summed E-state index contributed by atoms with van der Waals surface area (Å²) >= 11 is 0. The number of carbonyl (C=O) groups excluding carboxylic acids is 1. The Hall–Kier alpha value is -1.43. The third kappa shape index (κ3) is 2.85. The van der Waals surface area contributed by atoms with E-state index in [4.69, 9.17) is 0 Å². The maximum Gasteiger partial charge on any atom is 0.219 e. The molecule has 0 spiro atoms. The largest absolute Gasteiger partial charge is 0.338 e. The van der Waals surface area contributed by atoms with Gasteiger partial charge in [0.25, 0.3) is 0 Å². The van der Waals surface area contributed by atoms with Crippen molar-refractivity contribution in [3.63, 3.8) is 0 Å². The average molecular weight is 277 g/mol. The lowest BCUT2D eigenvalue weighted by molar-refractivity contribution is -0.130. The highest BCUT2D eigenvalue weighted by Gasteiger charge is 2.35. The standard InChI is InChI=1S/C14H23N5O/c1-11(20)19(12-5-6-12)8-13-4-3-7-18(13)9-14-15-10-16-17(14)2/h10,12-13H,3-9H2,1-2H3. The second-order valence-corrected chi connectivity index (χ2v) is 5.97. The van der Waals surface area contributed by atoms with Gasteiger partial charge in [-0.15, -0.1) is 0 Å². The summed E-state index contributed by atoms with van der Waals surface area (Å²) < 4.78 is 1.83. The Kier molecular flexibility index (Phi) is 3.74. The molecule has 2 fully saturated rings. The molecular formula is C14H23N5O. The monoisotopic (exact) mass is 277 g/mol. The number of carbonyl (C=O) groups is 1. The van der Waals surface area contributed by atoms with E-state index in [1.165, 1.54) is 25.7 Å². The topological polar surface area (TPSA) is 54.3 Å². The number of aromatic nitrogens is 3. The van der Waals surface area contributed by atoms with Crippen molar-refractivity contribution in [3.8, 4) is 0 Å². The van der Waals surface area contributed by atoms with Crippen molar-refractivity contribution in [2.75, 3.05) is 13.1 Å². The molecule has 1 atom stereocenters. The van der Waals surface area contributed by atoms with E-state index in [1.807, 2.05) is 11.7 Å². The minimum Gasteiger partial charge on any atom is -0.338 e. The molecule has 2 heterocycles. The van der Waals surface area contributed by atoms with Crippen LogP contribution in [0.15, 0.2) is 6.33 Å². The second-order valence-electron chi connectivity index (χ2n) is 5.97. The van der Waals surface area contributed by atoms with Crippen LogP contribution in [0.1, 0.15) is 38.4 Å². The summed E-state index contributed by atoms with van der Waals surface area (Å²) in [7, 11) is 1.93. The maximum atomic E-state index is 11.8. The number of nitrogens with zero attached hydrogens (tertiary/aromatic N) is 5. The predicted molar refractivity (Wildman–Crippen MR) is 74.8 cm³/mol. The Morgan fingerprint density at radius 1 is 1.45 bits per heavy atom. The number of hydrogen-bond donors (Lipinski definition) is 0. The lowest BCUT2D eigenvalue weighted by Gasteiger charge is -2.30. The van der Waals surface area contributed by atoms with E-state index in [2.05, 4.69) is 19.9 Å². The van der Waals surface area contributed by atoms with Gasteiger partial charge in [0.05, 0.1) is 6.54 Å². The number of amides is 1. The maximum absolute atomic E-state index is 11.8. The second kappa shape index (κ2) is 5.52. The van der Waals surface area contributed by atoms with Gasteiger partial charge >= 0.3 is 0 Å². The normalized spacial score (nSPS) is 23.2. The van der Waals surface area contributed by atoms with Crippen LogP contribution in [0, 0.1) is 0 Å². The van der Waals surface area contributed by atoms with Gasteiger partial charge in [-0.1, -0.05) is 0 Å². The summed E-state index contributed by atoms with van der Waals surface area (Å²) in [6.07, 6.45) is 6.34. The van der Waals surface area contributed by atoms with Crippen LogP contribution < -0.4 is 0 Å². The SMILES string of the molecule is CC(=O)N(CC1CCCN1Cc1ncnn1C)C1CC1. The summed E-state index contributed by atoms with van der Waals surface area (Å²) in [5.74, 6) is 1.22. The van der Waals surface area contributed by atoms with Gasteiger partial charge < -0.3 is 4.90 Å². The third-order valence-electron chi connectivity index (χ3n) is 4.45. The van der Waals surface area contributed by atoms with E-state index in [0.717, 1.165) is 25.5 Å². The fraction of sp³-hybridized carbons (Fsp3) is 0.786. The van der Waals surface area contributed by atoms with Gasteiger partial charge in [0.2, 0.25) is 5.91 Å². The highest BCUT2D eigenvalue weighted by Crippen LogP contribution is 2.29. The Bertz CT molecular complexity index is 482. The van der Waals surface area contributed by atoms with Gasteiger partial charge in [-0.25, -0.2) is 4.98 Å². The van der Waals surface area contributed by atoms with Gasteiger partial charge in [0.15, 0.2) is 0 Å². The Morgan fingerprint density at radius 3 is 2.85 bits per heavy atom. The van der Waals surface area contributed by atoms with Crippen LogP contribution in [0.3, 0.4) is 0 Å². The lowest BCUT2D eigenvalue weighted by atomic mass is 10.2. The molecule has 3 rings (SSSR count). The van der Waals surface area contributed by atoms with E-state index in [-0.39, 0.29) is 5.91 Å². The average Bonchev–Trinajstić information content (AvgIpc) is 3.03. The van der Waals surface area contributed by atoms with E-state index >= 15 is 0 Å². The molecule has 1 aromatic rings. The van der Waals surface area contributed by atoms with Crippen LogP contribution in [-0.2, 0) is 18.4 Å². The number of aryl methyl sites for hydroxylation is 1. The zero-order chi connectivity index (χ0) is 14.1. The zero-order valence-electron chi connectivity index (χ0n) is 12.3. The number of hydrogen-bond acceptors (Lipinski definition) is 4. The summed E-state index contributed by atoms with van der Waals surface area (Å²) in [6, 6.07) is 0.973. The molecule has 110 valence electrons. The molecule has 20 heavy (non-hydrogen) atoms. The summed E-state index contributed by atoms with van der Waals surface area (Å²) in [5, 5.41) is 4.13. The molecule has 1 aliphatic carbocycles. The van der Waals surface area contributed by atoms with Crippen molar-refractivity contribution < 1.29 is 4.79 Å². The van der Waals surface area contributed by atoms with Crippen LogP contribution in [0.4, 0.5) is 0 Å². The molecule has 0 radical (unpaired) electrons. The minimum absolute atomic E-state index is 0.220. The first kappa shape index (κ1) is 13.5. The first-order valence-corrected chi connectivity index (χ1v) is 7.49. The van der Waals surface area contributed by atoms with Gasteiger partial charge in [-0.2, -0.15) is 5.10 Å². The van der Waals surface area contributed by atoms with Gasteiger partial charge in [-0.3, -0.25) is 14.4 Å². The third-order valence-corrected chi connectivity index (χ3v) is 4.45. The van der Waals surface area contributed by atoms with Crippen molar-refractivity contribution >= 4 is 5.91 Å². The first-order valence-electron chi connectivity index (χ1n) is 7.49. The first-order chi connectivity index (χ1) is 9.65. The molecule has 0 N–H and O–H groups in total. The molecule has 1 unspecified atom stereocenters. The highest BCUT2D eigenvalue weighted by atomic mass is 16.2. The van der Waals surface area contributed by atoms with Crippen LogP contribution >= 0.6 is 0 Å². The van der Waals surface area contributed by atoms with Crippen LogP contribution in [0.5, 0.6) is 0 Å². The molecule has 1 saturated heterocycles. The van der Waals surface area contributed by atoms with Gasteiger partial charge in [0.1, 0.15) is 12.2 Å². The molecule has 1 saturated carbocycles. The van der Waals surface area contributed by atoms with E-state index < -0.39 is 0 Å². The number of rotatable bonds is 5. The summed E-state index contributed by atoms with van der Waals surface area (Å²) in [6.45, 7) is 4.49. The quantitative estimate of drug-likeness (QED) is 0.798. The van der Waals surface area contributed by atoms with E-state index in [1.54, 1.807) is 13.3 Å². The van der Waals surface area contributed by atoms with E-state index in [9.17, 15) is 4.79 Å². The summed E-state index contributed by atoms with van der Waals surface area (Å²) in [4.78, 5) is 20.6. The Morgan fingerprint density at radius 2 is 2.25 bits per heavy atom. The van der Waals surface area contributed by atoms with Crippen LogP contribution in [-0.4, -0.2) is 55.6 Å². The molecule has 0 aromatic carbocycles. The van der Waals surface area contributed by atoms with Crippen molar-refractivity contribution in [2.24, 2.45) is 7.05 Å². The van der Waals surface area contributed by atoms with E-state index in [0.29, 0.717) is 12.1 Å². The minimum atomic E-state index is 0.220. The van der Waals surface area contributed by atoms with Gasteiger partial charge in [0, 0.05) is 32.6 Å². The van der Waals surface area contributed by atoms with Crippen molar-refractivity contribution in [1.29, 1.82) is 0 Å². The fourth-order valence-corrected chi connectivity index (χ4v) is 3.10. The van der Waals surface area contributed by atoms with Gasteiger partial charge in [-0.05, 0) is 32.2 Å². The molecule has 1 aromatic heterocycles. The van der Waals surface area contributed by atoms with Crippen molar-refractivity contribution in [1.82, 2.24) is 24.6 Å². The van der Waals surface area contributed by atoms with Crippen molar-refractivity contribution in [3.05, 3.63) is 12.2 Å². The molecule has 2 aliphatic rings. The molecule has 0 bridgehead atoms. The molecule has 1 amide bonds. The molecule has 6 nitrogen and oxygen atoms in total. The number of likely N-dealkylation sites (tertiary alicyclic amines) is 1. The van der Waals surface area contributed by atoms with Crippen LogP contribution in [0.2, 0.25) is 0 Å². The molecule has 6 heteroatoms. The van der Waals surface area contributed by atoms with Crippen LogP contribution in [0.25, 0.3) is 0 Å². The smallest absolute Gasteiger partial charge is 0.219 e. The summed E-state index contributed by atoms with van der Waals surface area (Å²) in [5.41, 5.74) is 0. The predicted octanol–water partition coefficient (Wildman–Crippen LogP) is 0.790. The van der Waals surface area contributed by atoms with Crippen molar-refractivity contribution in [2.45, 2.75) is 51.2 Å². The zero-order valence-corrected chi connectivity index (χ0v) is 12.3. The molecular weight excluding hydrogens is 254 g/mol. The Balaban J connectivity index is 1.63. The lowest BCUT2D eigenvalue weighted by Crippen LogP contribution is -2.43.